The van der Waals surface area contributed by atoms with E-state index in [1.165, 1.54) is 24.3 Å². The highest BCUT2D eigenvalue weighted by Crippen LogP contribution is 2.24. The van der Waals surface area contributed by atoms with Crippen molar-refractivity contribution in [3.05, 3.63) is 65.0 Å². The van der Waals surface area contributed by atoms with Crippen molar-refractivity contribution in [1.29, 1.82) is 0 Å². The van der Waals surface area contributed by atoms with Crippen LogP contribution in [0.4, 0.5) is 18.9 Å². The maximum atomic E-state index is 14.0. The van der Waals surface area contributed by atoms with Gasteiger partial charge < -0.3 is 14.2 Å². The van der Waals surface area contributed by atoms with Crippen molar-refractivity contribution < 1.29 is 26.7 Å². The van der Waals surface area contributed by atoms with Crippen LogP contribution < -0.4 is 4.72 Å². The van der Waals surface area contributed by atoms with Gasteiger partial charge in [0.15, 0.2) is 11.6 Å². The summed E-state index contributed by atoms with van der Waals surface area (Å²) in [6, 6.07) is 7.18. The van der Waals surface area contributed by atoms with Gasteiger partial charge >= 0.3 is 0 Å². The molecular weight excluding hydrogens is 419 g/mol. The average Bonchev–Trinajstić information content (AvgIpc) is 2.68. The predicted molar refractivity (Wildman–Crippen MR) is 106 cm³/mol. The van der Waals surface area contributed by atoms with Gasteiger partial charge in [-0.15, -0.1) is 0 Å². The van der Waals surface area contributed by atoms with Gasteiger partial charge in [-0.25, -0.2) is 13.2 Å². The van der Waals surface area contributed by atoms with Gasteiger partial charge in [-0.3, -0.25) is 13.9 Å². The van der Waals surface area contributed by atoms with Crippen molar-refractivity contribution in [2.75, 3.05) is 17.8 Å². The summed E-state index contributed by atoms with van der Waals surface area (Å²) >= 11 is -2.45. The Balaban J connectivity index is 1.71. The first-order valence-corrected chi connectivity index (χ1v) is 10.4. The van der Waals surface area contributed by atoms with Crippen LogP contribution in [-0.4, -0.2) is 49.6 Å². The van der Waals surface area contributed by atoms with E-state index in [1.54, 1.807) is 9.80 Å². The fraction of sp³-hybridized carbons (Fsp3) is 0.350. The smallest absolute Gasteiger partial charge is 0.254 e. The van der Waals surface area contributed by atoms with Crippen molar-refractivity contribution >= 4 is 22.9 Å². The minimum atomic E-state index is -2.45. The van der Waals surface area contributed by atoms with Crippen LogP contribution in [0.5, 0.6) is 0 Å². The van der Waals surface area contributed by atoms with E-state index in [9.17, 15) is 26.7 Å². The molecule has 1 N–H and O–H groups in total. The van der Waals surface area contributed by atoms with Gasteiger partial charge in [0.1, 0.15) is 5.82 Å². The highest BCUT2D eigenvalue weighted by molar-refractivity contribution is 7.80. The van der Waals surface area contributed by atoms with E-state index in [4.69, 9.17) is 0 Å². The molecule has 0 saturated carbocycles. The standard InChI is InChI=1S/C20H22F3N3O3S/c1-12-9-25(11-16-17(21)7-8-18(22)19(16)23)10-13(2)26(12)20(27)14-3-5-15(6-4-14)24-30(28)29/h3-8,12-13,24H,9-11H2,1-2H3,(H,28,29)/p-1. The van der Waals surface area contributed by atoms with E-state index < -0.39 is 28.7 Å². The zero-order valence-electron chi connectivity index (χ0n) is 16.4. The lowest BCUT2D eigenvalue weighted by molar-refractivity contribution is 0.0262. The van der Waals surface area contributed by atoms with Crippen LogP contribution >= 0.6 is 0 Å². The van der Waals surface area contributed by atoms with Gasteiger partial charge in [-0.05, 0) is 50.2 Å². The van der Waals surface area contributed by atoms with Gasteiger partial charge in [-0.1, -0.05) is 0 Å². The third kappa shape index (κ3) is 4.82. The zero-order chi connectivity index (χ0) is 22.0. The molecule has 10 heteroatoms. The quantitative estimate of drug-likeness (QED) is 0.573. The summed E-state index contributed by atoms with van der Waals surface area (Å²) in [7, 11) is 0. The molecule has 1 aliphatic rings. The summed E-state index contributed by atoms with van der Waals surface area (Å²) in [4.78, 5) is 16.4. The van der Waals surface area contributed by atoms with Gasteiger partial charge in [0.25, 0.3) is 5.91 Å². The number of carbonyl (C=O) groups is 1. The van der Waals surface area contributed by atoms with Crippen LogP contribution in [0.25, 0.3) is 0 Å². The predicted octanol–water partition coefficient (Wildman–Crippen LogP) is 3.04. The van der Waals surface area contributed by atoms with Crippen LogP contribution in [0.2, 0.25) is 0 Å². The number of rotatable bonds is 5. The molecule has 0 radical (unpaired) electrons. The van der Waals surface area contributed by atoms with Crippen LogP contribution in [0.1, 0.15) is 29.8 Å². The molecule has 162 valence electrons. The Morgan fingerprint density at radius 3 is 2.20 bits per heavy atom. The van der Waals surface area contributed by atoms with Crippen LogP contribution in [0.15, 0.2) is 36.4 Å². The Hall–Kier alpha value is -2.43. The summed E-state index contributed by atoms with van der Waals surface area (Å²) in [6.45, 7) is 4.28. The fourth-order valence-corrected chi connectivity index (χ4v) is 4.15. The molecule has 1 saturated heterocycles. The Bertz CT molecular complexity index is 946. The molecule has 3 atom stereocenters. The minimum absolute atomic E-state index is 0.0984. The van der Waals surface area contributed by atoms with E-state index in [-0.39, 0.29) is 30.1 Å². The molecule has 30 heavy (non-hydrogen) atoms. The first kappa shape index (κ1) is 22.3. The second-order valence-electron chi connectivity index (χ2n) is 7.34. The molecule has 6 nitrogen and oxygen atoms in total. The van der Waals surface area contributed by atoms with Crippen molar-refractivity contribution in [3.8, 4) is 0 Å². The third-order valence-corrected chi connectivity index (χ3v) is 5.49. The van der Waals surface area contributed by atoms with Crippen molar-refractivity contribution in [1.82, 2.24) is 9.80 Å². The van der Waals surface area contributed by atoms with E-state index >= 15 is 0 Å². The highest BCUT2D eigenvalue weighted by atomic mass is 32.2. The van der Waals surface area contributed by atoms with Crippen LogP contribution in [0, 0.1) is 17.5 Å². The van der Waals surface area contributed by atoms with Gasteiger partial charge in [0.05, 0.1) is 0 Å². The van der Waals surface area contributed by atoms with E-state index in [0.29, 0.717) is 24.3 Å². The number of hydrogen-bond acceptors (Lipinski definition) is 4. The normalized spacial score (nSPS) is 20.8. The maximum Gasteiger partial charge on any atom is 0.254 e. The maximum absolute atomic E-state index is 14.0. The summed E-state index contributed by atoms with van der Waals surface area (Å²) in [5.74, 6) is -3.32. The van der Waals surface area contributed by atoms with Gasteiger partial charge in [0.2, 0.25) is 0 Å². The SMILES string of the molecule is CC1CN(Cc2c(F)ccc(F)c2F)CC(C)N1C(=O)c1ccc(NS(=O)[O-])cc1. The molecule has 1 aliphatic heterocycles. The first-order valence-electron chi connectivity index (χ1n) is 9.30. The average molecular weight is 440 g/mol. The summed E-state index contributed by atoms with van der Waals surface area (Å²) in [6.07, 6.45) is 0. The van der Waals surface area contributed by atoms with Gasteiger partial charge in [0, 0.05) is 59.8 Å². The topological polar surface area (TPSA) is 75.7 Å². The largest absolute Gasteiger partial charge is 0.755 e. The summed E-state index contributed by atoms with van der Waals surface area (Å²) < 4.78 is 65.0. The fourth-order valence-electron chi connectivity index (χ4n) is 3.83. The third-order valence-electron chi connectivity index (χ3n) is 5.08. The molecule has 1 fully saturated rings. The zero-order valence-corrected chi connectivity index (χ0v) is 17.2. The second kappa shape index (κ2) is 9.15. The monoisotopic (exact) mass is 440 g/mol. The van der Waals surface area contributed by atoms with Crippen molar-refractivity contribution in [3.63, 3.8) is 0 Å². The van der Waals surface area contributed by atoms with Crippen molar-refractivity contribution in [2.45, 2.75) is 32.5 Å². The minimum Gasteiger partial charge on any atom is -0.755 e. The number of anilines is 1. The van der Waals surface area contributed by atoms with E-state index in [2.05, 4.69) is 4.72 Å². The lowest BCUT2D eigenvalue weighted by Crippen LogP contribution is -2.58. The van der Waals surface area contributed by atoms with Crippen molar-refractivity contribution in [2.24, 2.45) is 0 Å². The Morgan fingerprint density at radius 2 is 1.63 bits per heavy atom. The second-order valence-corrected chi connectivity index (χ2v) is 8.01. The number of halogens is 3. The molecule has 0 spiro atoms. The Morgan fingerprint density at radius 1 is 1.07 bits per heavy atom. The number of nitrogens with one attached hydrogen (secondary N) is 1. The molecule has 1 amide bonds. The molecule has 0 bridgehead atoms. The molecule has 3 rings (SSSR count). The van der Waals surface area contributed by atoms with E-state index in [0.717, 1.165) is 12.1 Å². The number of carbonyl (C=O) groups excluding carboxylic acids is 1. The molecule has 3 unspecified atom stereocenters. The lowest BCUT2D eigenvalue weighted by atomic mass is 10.0. The number of hydrogen-bond donors (Lipinski definition) is 1. The van der Waals surface area contributed by atoms with Gasteiger partial charge in [-0.2, -0.15) is 0 Å². The van der Waals surface area contributed by atoms with Crippen LogP contribution in [-0.2, 0) is 17.8 Å². The molecule has 0 aliphatic carbocycles. The number of amides is 1. The molecule has 0 aromatic heterocycles. The number of piperazine rings is 1. The molecule has 1 heterocycles. The number of benzene rings is 2. The number of nitrogens with zero attached hydrogens (tertiary/aromatic N) is 2. The van der Waals surface area contributed by atoms with Crippen LogP contribution in [0.3, 0.4) is 0 Å². The summed E-state index contributed by atoms with van der Waals surface area (Å²) in [5.41, 5.74) is 0.407. The van der Waals surface area contributed by atoms with E-state index in [1.807, 2.05) is 13.8 Å². The highest BCUT2D eigenvalue weighted by Gasteiger charge is 2.34. The Kier molecular flexibility index (Phi) is 6.79. The summed E-state index contributed by atoms with van der Waals surface area (Å²) in [5, 5.41) is 0. The molecule has 2 aromatic carbocycles. The molecule has 2 aromatic rings. The lowest BCUT2D eigenvalue weighted by Gasteiger charge is -2.44. The first-order chi connectivity index (χ1) is 14.2. The molecular formula is C20H21F3N3O3S-. The Labute approximate surface area is 175 Å².